The second-order valence-electron chi connectivity index (χ2n) is 5.02. The van der Waals surface area contributed by atoms with E-state index < -0.39 is 10.0 Å². The molecule has 0 aromatic heterocycles. The largest absolute Gasteiger partial charge is 0.492 e. The predicted octanol–water partition coefficient (Wildman–Crippen LogP) is 0.0941. The number of nitrogens with one attached hydrogen (secondary N) is 1. The van der Waals surface area contributed by atoms with Gasteiger partial charge in [-0.05, 0) is 25.1 Å². The molecule has 9 heteroatoms. The number of carbonyl (C=O) groups excluding carboxylic acids is 1. The van der Waals surface area contributed by atoms with Crippen LogP contribution in [0.3, 0.4) is 0 Å². The summed E-state index contributed by atoms with van der Waals surface area (Å²) in [5.74, 6) is -0.181. The van der Waals surface area contributed by atoms with E-state index in [2.05, 4.69) is 4.72 Å². The van der Waals surface area contributed by atoms with Crippen LogP contribution < -0.4 is 9.46 Å². The Balaban J connectivity index is 2.14. The van der Waals surface area contributed by atoms with E-state index >= 15 is 0 Å². The fourth-order valence-corrected chi connectivity index (χ4v) is 3.36. The Labute approximate surface area is 141 Å². The molecule has 1 aliphatic rings. The molecular weight excluding hydrogens is 334 g/mol. The van der Waals surface area contributed by atoms with Gasteiger partial charge in [0.1, 0.15) is 10.6 Å². The molecule has 0 radical (unpaired) electrons. The maximum Gasteiger partial charge on any atom is 0.244 e. The second kappa shape index (κ2) is 8.10. The summed E-state index contributed by atoms with van der Waals surface area (Å²) in [4.78, 5) is 13.5. The average molecular weight is 353 g/mol. The van der Waals surface area contributed by atoms with E-state index in [4.69, 9.17) is 14.7 Å². The molecule has 130 valence electrons. The Hall–Kier alpha value is -2.15. The minimum atomic E-state index is -3.98. The van der Waals surface area contributed by atoms with Gasteiger partial charge in [-0.1, -0.05) is 0 Å². The Morgan fingerprint density at radius 1 is 1.42 bits per heavy atom. The van der Waals surface area contributed by atoms with E-state index in [-0.39, 0.29) is 35.3 Å². The number of morpholine rings is 1. The molecule has 24 heavy (non-hydrogen) atoms. The third-order valence-corrected chi connectivity index (χ3v) is 4.86. The second-order valence-corrected chi connectivity index (χ2v) is 6.76. The Morgan fingerprint density at radius 2 is 2.12 bits per heavy atom. The number of carbonyl (C=O) groups is 1. The van der Waals surface area contributed by atoms with Crippen molar-refractivity contribution in [3.63, 3.8) is 0 Å². The number of benzene rings is 1. The summed E-state index contributed by atoms with van der Waals surface area (Å²) in [6.45, 7) is 3.41. The summed E-state index contributed by atoms with van der Waals surface area (Å²) in [6.07, 6.45) is 0. The van der Waals surface area contributed by atoms with Crippen molar-refractivity contribution in [2.75, 3.05) is 39.5 Å². The molecule has 1 N–H and O–H groups in total. The van der Waals surface area contributed by atoms with Gasteiger partial charge in [-0.3, -0.25) is 4.79 Å². The fourth-order valence-electron chi connectivity index (χ4n) is 2.22. The van der Waals surface area contributed by atoms with Crippen LogP contribution in [0.2, 0.25) is 0 Å². The number of sulfonamides is 1. The topological polar surface area (TPSA) is 109 Å². The highest BCUT2D eigenvalue weighted by Crippen LogP contribution is 2.25. The van der Waals surface area contributed by atoms with Gasteiger partial charge in [0.25, 0.3) is 0 Å². The van der Waals surface area contributed by atoms with Crippen molar-refractivity contribution >= 4 is 15.9 Å². The first-order valence-corrected chi connectivity index (χ1v) is 8.98. The summed E-state index contributed by atoms with van der Waals surface area (Å²) < 4.78 is 37.7. The Kier molecular flexibility index (Phi) is 6.14. The average Bonchev–Trinajstić information content (AvgIpc) is 2.61. The van der Waals surface area contributed by atoms with Crippen LogP contribution in [0, 0.1) is 11.3 Å². The maximum atomic E-state index is 12.5. The van der Waals surface area contributed by atoms with Crippen molar-refractivity contribution in [1.29, 1.82) is 5.26 Å². The van der Waals surface area contributed by atoms with Crippen molar-refractivity contribution in [2.45, 2.75) is 11.8 Å². The number of amides is 1. The van der Waals surface area contributed by atoms with Crippen molar-refractivity contribution in [2.24, 2.45) is 0 Å². The number of nitrogens with zero attached hydrogens (tertiary/aromatic N) is 2. The third-order valence-electron chi connectivity index (χ3n) is 3.44. The molecule has 2 rings (SSSR count). The van der Waals surface area contributed by atoms with Crippen LogP contribution in [-0.2, 0) is 19.6 Å². The van der Waals surface area contributed by atoms with Gasteiger partial charge in [0, 0.05) is 13.1 Å². The fraction of sp³-hybridized carbons (Fsp3) is 0.467. The zero-order valence-corrected chi connectivity index (χ0v) is 14.1. The molecule has 0 aliphatic carbocycles. The van der Waals surface area contributed by atoms with Crippen LogP contribution in [0.25, 0.3) is 0 Å². The van der Waals surface area contributed by atoms with Gasteiger partial charge in [0.2, 0.25) is 15.9 Å². The van der Waals surface area contributed by atoms with Crippen LogP contribution in [0.5, 0.6) is 5.75 Å². The minimum absolute atomic E-state index is 0.142. The maximum absolute atomic E-state index is 12.5. The molecule has 0 spiro atoms. The minimum Gasteiger partial charge on any atom is -0.492 e. The lowest BCUT2D eigenvalue weighted by atomic mass is 10.2. The first-order chi connectivity index (χ1) is 11.5. The molecule has 1 heterocycles. The van der Waals surface area contributed by atoms with E-state index in [0.717, 1.165) is 0 Å². The molecule has 0 bridgehead atoms. The summed E-state index contributed by atoms with van der Waals surface area (Å²) >= 11 is 0. The van der Waals surface area contributed by atoms with Crippen molar-refractivity contribution in [3.8, 4) is 11.8 Å². The molecule has 0 atom stereocenters. The van der Waals surface area contributed by atoms with E-state index in [1.165, 1.54) is 18.2 Å². The number of hydrogen-bond acceptors (Lipinski definition) is 6. The third kappa shape index (κ3) is 4.44. The van der Waals surface area contributed by atoms with Crippen LogP contribution in [-0.4, -0.2) is 58.7 Å². The summed E-state index contributed by atoms with van der Waals surface area (Å²) in [5, 5.41) is 8.96. The molecule has 1 aromatic rings. The highest BCUT2D eigenvalue weighted by atomic mass is 32.2. The first-order valence-electron chi connectivity index (χ1n) is 7.50. The SMILES string of the molecule is CCOc1ccc(C#N)cc1S(=O)(=O)NCC(=O)N1CCOCC1. The highest BCUT2D eigenvalue weighted by molar-refractivity contribution is 7.89. The van der Waals surface area contributed by atoms with E-state index in [1.807, 2.05) is 6.07 Å². The Morgan fingerprint density at radius 3 is 2.75 bits per heavy atom. The summed E-state index contributed by atoms with van der Waals surface area (Å²) in [6, 6.07) is 6.02. The van der Waals surface area contributed by atoms with Gasteiger partial charge < -0.3 is 14.4 Å². The smallest absolute Gasteiger partial charge is 0.244 e. The lowest BCUT2D eigenvalue weighted by Crippen LogP contribution is -2.45. The lowest BCUT2D eigenvalue weighted by Gasteiger charge is -2.26. The van der Waals surface area contributed by atoms with Gasteiger partial charge in [-0.2, -0.15) is 5.26 Å². The summed E-state index contributed by atoms with van der Waals surface area (Å²) in [5.41, 5.74) is 0.193. The van der Waals surface area contributed by atoms with Crippen molar-refractivity contribution < 1.29 is 22.7 Å². The molecule has 8 nitrogen and oxygen atoms in total. The zero-order chi connectivity index (χ0) is 17.6. The quantitative estimate of drug-likeness (QED) is 0.777. The van der Waals surface area contributed by atoms with Crippen molar-refractivity contribution in [1.82, 2.24) is 9.62 Å². The number of nitriles is 1. The number of hydrogen-bond donors (Lipinski definition) is 1. The summed E-state index contributed by atoms with van der Waals surface area (Å²) in [7, 11) is -3.98. The van der Waals surface area contributed by atoms with Crippen LogP contribution in [0.1, 0.15) is 12.5 Å². The molecule has 1 saturated heterocycles. The van der Waals surface area contributed by atoms with Gasteiger partial charge in [-0.25, -0.2) is 13.1 Å². The molecule has 0 saturated carbocycles. The molecular formula is C15H19N3O5S. The normalized spacial score (nSPS) is 14.9. The van der Waals surface area contributed by atoms with Gasteiger partial charge in [-0.15, -0.1) is 0 Å². The van der Waals surface area contributed by atoms with Crippen LogP contribution in [0.4, 0.5) is 0 Å². The first kappa shape index (κ1) is 18.2. The lowest BCUT2D eigenvalue weighted by molar-refractivity contribution is -0.133. The van der Waals surface area contributed by atoms with E-state index in [1.54, 1.807) is 11.8 Å². The predicted molar refractivity (Wildman–Crippen MR) is 84.9 cm³/mol. The van der Waals surface area contributed by atoms with Crippen molar-refractivity contribution in [3.05, 3.63) is 23.8 Å². The number of rotatable bonds is 6. The molecule has 1 fully saturated rings. The van der Waals surface area contributed by atoms with E-state index in [0.29, 0.717) is 26.3 Å². The zero-order valence-electron chi connectivity index (χ0n) is 13.3. The molecule has 1 aliphatic heterocycles. The molecule has 1 amide bonds. The van der Waals surface area contributed by atoms with E-state index in [9.17, 15) is 13.2 Å². The van der Waals surface area contributed by atoms with Gasteiger partial charge in [0.05, 0.1) is 38.0 Å². The molecule has 0 unspecified atom stereocenters. The van der Waals surface area contributed by atoms with Gasteiger partial charge in [0.15, 0.2) is 0 Å². The van der Waals surface area contributed by atoms with Gasteiger partial charge >= 0.3 is 0 Å². The Bertz CT molecular complexity index is 736. The van der Waals surface area contributed by atoms with Crippen LogP contribution in [0.15, 0.2) is 23.1 Å². The monoisotopic (exact) mass is 353 g/mol. The van der Waals surface area contributed by atoms with Crippen LogP contribution >= 0.6 is 0 Å². The molecule has 1 aromatic carbocycles. The number of ether oxygens (including phenoxy) is 2. The standard InChI is InChI=1S/C15H19N3O5S/c1-2-23-13-4-3-12(10-16)9-14(13)24(20,21)17-11-15(19)18-5-7-22-8-6-18/h3-4,9,17H,2,5-8,11H2,1H3. The highest BCUT2D eigenvalue weighted by Gasteiger charge is 2.23.